The van der Waals surface area contributed by atoms with Crippen LogP contribution in [0.25, 0.3) is 0 Å². The predicted molar refractivity (Wildman–Crippen MR) is 52.8 cm³/mol. The number of hydrogen-bond donors (Lipinski definition) is 0. The van der Waals surface area contributed by atoms with Crippen LogP contribution in [0.2, 0.25) is 0 Å². The Morgan fingerprint density at radius 2 is 1.71 bits per heavy atom. The van der Waals surface area contributed by atoms with Crippen molar-refractivity contribution in [2.75, 3.05) is 0 Å². The minimum absolute atomic E-state index is 0. The summed E-state index contributed by atoms with van der Waals surface area (Å²) in [6.07, 6.45) is -0.779. The van der Waals surface area contributed by atoms with E-state index in [9.17, 15) is 9.59 Å². The largest absolute Gasteiger partial charge is 3.00 e. The van der Waals surface area contributed by atoms with Gasteiger partial charge >= 0.3 is 23.3 Å². The summed E-state index contributed by atoms with van der Waals surface area (Å²) in [5, 5.41) is 0. The molecule has 0 aliphatic heterocycles. The molecular weight excluding hydrogens is 199 g/mol. The van der Waals surface area contributed by atoms with Crippen LogP contribution in [0, 0.1) is 0 Å². The first-order valence-corrected chi connectivity index (χ1v) is 4.26. The zero-order valence-corrected chi connectivity index (χ0v) is 10.2. The van der Waals surface area contributed by atoms with Crippen molar-refractivity contribution >= 4 is 29.1 Å². The maximum Gasteiger partial charge on any atom is 3.00 e. The number of carbonyl (C=O) groups excluding carboxylic acids is 2. The Kier molecular flexibility index (Phi) is 9.17. The number of esters is 1. The molecule has 0 radical (unpaired) electrons. The second kappa shape index (κ2) is 7.98. The molecule has 0 spiro atoms. The van der Waals surface area contributed by atoms with Gasteiger partial charge in [-0.15, -0.1) is 0 Å². The summed E-state index contributed by atoms with van der Waals surface area (Å²) in [5.74, 6) is -0.748. The smallest absolute Gasteiger partial charge is 0.436 e. The summed E-state index contributed by atoms with van der Waals surface area (Å²) in [6.45, 7) is 6.65. The maximum atomic E-state index is 10.9. The van der Waals surface area contributed by atoms with Gasteiger partial charge < -0.3 is 9.47 Å². The fourth-order valence-electron chi connectivity index (χ4n) is 0.841. The molecule has 0 heterocycles. The van der Waals surface area contributed by atoms with Gasteiger partial charge in [0.15, 0.2) is 6.29 Å². The molecule has 0 saturated carbocycles. The second-order valence-electron chi connectivity index (χ2n) is 3.12. The molecule has 0 aromatic heterocycles. The van der Waals surface area contributed by atoms with Crippen molar-refractivity contribution in [3.05, 3.63) is 0 Å². The molecule has 0 aromatic rings. The Hall–Kier alpha value is -0.368. The Bertz CT molecular complexity index is 191. The molecule has 0 aliphatic carbocycles. The van der Waals surface area contributed by atoms with Gasteiger partial charge in [0, 0.05) is 0 Å². The van der Waals surface area contributed by atoms with E-state index >= 15 is 0 Å². The van der Waals surface area contributed by atoms with E-state index < -0.39 is 12.3 Å². The summed E-state index contributed by atoms with van der Waals surface area (Å²) in [5.41, 5.74) is 0. The van der Waals surface area contributed by atoms with Gasteiger partial charge in [-0.3, -0.25) is 9.59 Å². The number of ketones is 1. The molecule has 0 bridgehead atoms. The standard InChI is InChI=1S/C9H16O4.Al/c1-6(2)12-8(4)13-9(11)5-7(3)10;/h6,8H,5H2,1-4H3;/q;+3. The molecule has 0 fully saturated rings. The molecule has 0 aromatic carbocycles. The van der Waals surface area contributed by atoms with Gasteiger partial charge in [0.05, 0.1) is 6.10 Å². The Morgan fingerprint density at radius 1 is 1.21 bits per heavy atom. The van der Waals surface area contributed by atoms with Crippen molar-refractivity contribution in [1.82, 2.24) is 0 Å². The first kappa shape index (κ1) is 16.1. The molecule has 0 saturated heterocycles. The van der Waals surface area contributed by atoms with E-state index in [1.807, 2.05) is 13.8 Å². The Balaban J connectivity index is 0. The van der Waals surface area contributed by atoms with E-state index in [0.29, 0.717) is 0 Å². The third-order valence-corrected chi connectivity index (χ3v) is 1.15. The van der Waals surface area contributed by atoms with Gasteiger partial charge in [0.2, 0.25) is 0 Å². The number of hydrogen-bond acceptors (Lipinski definition) is 4. The Morgan fingerprint density at radius 3 is 2.07 bits per heavy atom. The minimum atomic E-state index is -0.591. The molecule has 0 N–H and O–H groups in total. The van der Waals surface area contributed by atoms with E-state index in [1.165, 1.54) is 6.92 Å². The zero-order chi connectivity index (χ0) is 10.4. The van der Waals surface area contributed by atoms with E-state index in [0.717, 1.165) is 0 Å². The first-order chi connectivity index (χ1) is 5.91. The number of rotatable bonds is 5. The molecule has 76 valence electrons. The topological polar surface area (TPSA) is 52.6 Å². The summed E-state index contributed by atoms with van der Waals surface area (Å²) in [7, 11) is 0. The van der Waals surface area contributed by atoms with Crippen LogP contribution >= 0.6 is 0 Å². The second-order valence-corrected chi connectivity index (χ2v) is 3.12. The van der Waals surface area contributed by atoms with Crippen LogP contribution in [-0.2, 0) is 19.1 Å². The minimum Gasteiger partial charge on any atom is -0.436 e. The van der Waals surface area contributed by atoms with Crippen molar-refractivity contribution in [2.24, 2.45) is 0 Å². The van der Waals surface area contributed by atoms with E-state index in [4.69, 9.17) is 9.47 Å². The molecule has 0 rings (SSSR count). The van der Waals surface area contributed by atoms with Crippen molar-refractivity contribution in [1.29, 1.82) is 0 Å². The third-order valence-electron chi connectivity index (χ3n) is 1.15. The SMILES string of the molecule is CC(=O)CC(=O)OC(C)OC(C)C.[Al+3]. The van der Waals surface area contributed by atoms with Crippen LogP contribution in [0.5, 0.6) is 0 Å². The number of ether oxygens (including phenoxy) is 2. The fourth-order valence-corrected chi connectivity index (χ4v) is 0.841. The summed E-state index contributed by atoms with van der Waals surface area (Å²) >= 11 is 0. The molecule has 4 nitrogen and oxygen atoms in total. The normalized spacial score (nSPS) is 11.8. The molecular formula is C9H16AlO4+3. The molecule has 1 unspecified atom stereocenters. The van der Waals surface area contributed by atoms with Gasteiger partial charge in [-0.05, 0) is 27.7 Å². The monoisotopic (exact) mass is 215 g/mol. The van der Waals surface area contributed by atoms with Crippen LogP contribution in [0.3, 0.4) is 0 Å². The maximum absolute atomic E-state index is 10.9. The predicted octanol–water partition coefficient (Wildman–Crippen LogP) is 0.899. The van der Waals surface area contributed by atoms with E-state index in [1.54, 1.807) is 6.92 Å². The molecule has 14 heavy (non-hydrogen) atoms. The summed E-state index contributed by atoms with van der Waals surface area (Å²) in [6, 6.07) is 0. The van der Waals surface area contributed by atoms with Crippen molar-refractivity contribution in [2.45, 2.75) is 46.5 Å². The van der Waals surface area contributed by atoms with Gasteiger partial charge in [0.1, 0.15) is 12.2 Å². The molecule has 1 atom stereocenters. The van der Waals surface area contributed by atoms with Crippen LogP contribution in [0.1, 0.15) is 34.1 Å². The zero-order valence-electron chi connectivity index (χ0n) is 9.07. The average molecular weight is 215 g/mol. The number of carbonyl (C=O) groups is 2. The quantitative estimate of drug-likeness (QED) is 0.296. The Labute approximate surface area is 95.1 Å². The number of Topliss-reactive ketones (excluding diaryl/α,β-unsaturated/α-hetero) is 1. The van der Waals surface area contributed by atoms with Crippen LogP contribution in [0.4, 0.5) is 0 Å². The van der Waals surface area contributed by atoms with Crippen LogP contribution in [0.15, 0.2) is 0 Å². The van der Waals surface area contributed by atoms with Gasteiger partial charge in [0.25, 0.3) is 0 Å². The van der Waals surface area contributed by atoms with Crippen molar-refractivity contribution < 1.29 is 19.1 Å². The van der Waals surface area contributed by atoms with Gasteiger partial charge in [-0.1, -0.05) is 0 Å². The van der Waals surface area contributed by atoms with Crippen LogP contribution < -0.4 is 0 Å². The van der Waals surface area contributed by atoms with Crippen molar-refractivity contribution in [3.63, 3.8) is 0 Å². The summed E-state index contributed by atoms with van der Waals surface area (Å²) in [4.78, 5) is 21.4. The molecule has 0 amide bonds. The first-order valence-electron chi connectivity index (χ1n) is 4.26. The third kappa shape index (κ3) is 9.72. The molecule has 0 aliphatic rings. The van der Waals surface area contributed by atoms with E-state index in [-0.39, 0.29) is 35.7 Å². The van der Waals surface area contributed by atoms with Crippen LogP contribution in [-0.4, -0.2) is 41.5 Å². The summed E-state index contributed by atoms with van der Waals surface area (Å²) < 4.78 is 9.94. The average Bonchev–Trinajstić information content (AvgIpc) is 1.80. The fraction of sp³-hybridized carbons (Fsp3) is 0.778. The molecule has 5 heteroatoms. The van der Waals surface area contributed by atoms with Crippen molar-refractivity contribution in [3.8, 4) is 0 Å². The van der Waals surface area contributed by atoms with E-state index in [2.05, 4.69) is 0 Å². The van der Waals surface area contributed by atoms with Gasteiger partial charge in [-0.2, -0.15) is 0 Å². The van der Waals surface area contributed by atoms with Gasteiger partial charge in [-0.25, -0.2) is 0 Å².